The molecule has 5 heteroatoms. The van der Waals surface area contributed by atoms with Crippen LogP contribution in [0, 0.1) is 11.3 Å². The van der Waals surface area contributed by atoms with Crippen molar-refractivity contribution in [1.82, 2.24) is 4.90 Å². The van der Waals surface area contributed by atoms with Crippen molar-refractivity contribution in [1.29, 1.82) is 0 Å². The second-order valence-corrected chi connectivity index (χ2v) is 6.70. The Morgan fingerprint density at radius 2 is 2.14 bits per heavy atom. The van der Waals surface area contributed by atoms with Crippen LogP contribution in [0.5, 0.6) is 0 Å². The molecule has 0 spiro atoms. The summed E-state index contributed by atoms with van der Waals surface area (Å²) in [6, 6.07) is 7.48. The molecule has 21 heavy (non-hydrogen) atoms. The summed E-state index contributed by atoms with van der Waals surface area (Å²) in [5.74, 6) is -1.25. The molecule has 1 amide bonds. The first-order valence-corrected chi connectivity index (χ1v) is 7.44. The van der Waals surface area contributed by atoms with Crippen molar-refractivity contribution >= 4 is 23.5 Å². The van der Waals surface area contributed by atoms with E-state index in [1.165, 1.54) is 0 Å². The van der Waals surface area contributed by atoms with Crippen molar-refractivity contribution in [3.05, 3.63) is 34.9 Å². The molecule has 0 aliphatic carbocycles. The summed E-state index contributed by atoms with van der Waals surface area (Å²) in [5, 5.41) is 9.68. The van der Waals surface area contributed by atoms with E-state index in [4.69, 9.17) is 16.7 Å². The Kier molecular flexibility index (Phi) is 4.57. The van der Waals surface area contributed by atoms with Crippen molar-refractivity contribution < 1.29 is 14.7 Å². The minimum Gasteiger partial charge on any atom is -0.481 e. The fourth-order valence-electron chi connectivity index (χ4n) is 2.81. The van der Waals surface area contributed by atoms with Gasteiger partial charge in [-0.3, -0.25) is 9.59 Å². The maximum absolute atomic E-state index is 12.6. The van der Waals surface area contributed by atoms with Crippen LogP contribution in [0.1, 0.15) is 25.8 Å². The zero-order valence-corrected chi connectivity index (χ0v) is 13.1. The summed E-state index contributed by atoms with van der Waals surface area (Å²) < 4.78 is 0. The summed E-state index contributed by atoms with van der Waals surface area (Å²) in [5.41, 5.74) is 0.438. The second kappa shape index (κ2) is 6.06. The lowest BCUT2D eigenvalue weighted by atomic mass is 9.84. The predicted octanol–water partition coefficient (Wildman–Crippen LogP) is 2.84. The number of nitrogens with zero attached hydrogens (tertiary/aromatic N) is 1. The van der Waals surface area contributed by atoms with Gasteiger partial charge < -0.3 is 10.0 Å². The molecule has 0 bridgehead atoms. The van der Waals surface area contributed by atoms with E-state index < -0.39 is 17.3 Å². The number of rotatable bonds is 4. The molecule has 114 valence electrons. The fourth-order valence-corrected chi connectivity index (χ4v) is 3.02. The zero-order chi connectivity index (χ0) is 15.6. The van der Waals surface area contributed by atoms with Crippen LogP contribution in [-0.2, 0) is 16.0 Å². The number of hydrogen-bond donors (Lipinski definition) is 1. The Hall–Kier alpha value is -1.55. The average molecular weight is 310 g/mol. The summed E-state index contributed by atoms with van der Waals surface area (Å²) in [4.78, 5) is 25.3. The number of amides is 1. The number of carbonyl (C=O) groups excluding carboxylic acids is 1. The second-order valence-electron chi connectivity index (χ2n) is 6.27. The first kappa shape index (κ1) is 15.8. The van der Waals surface area contributed by atoms with Crippen LogP contribution >= 0.6 is 11.6 Å². The molecule has 1 fully saturated rings. The zero-order valence-electron chi connectivity index (χ0n) is 12.3. The van der Waals surface area contributed by atoms with Gasteiger partial charge in [0.15, 0.2) is 0 Å². The third-order valence-corrected chi connectivity index (χ3v) is 4.17. The van der Waals surface area contributed by atoms with Crippen LogP contribution in [0.4, 0.5) is 0 Å². The molecule has 1 atom stereocenters. The predicted molar refractivity (Wildman–Crippen MR) is 81.3 cm³/mol. The Labute approximate surface area is 129 Å². The smallest absolute Gasteiger partial charge is 0.308 e. The van der Waals surface area contributed by atoms with E-state index in [0.717, 1.165) is 5.56 Å². The van der Waals surface area contributed by atoms with E-state index in [2.05, 4.69) is 0 Å². The third kappa shape index (κ3) is 3.76. The number of likely N-dealkylation sites (tertiary alicyclic amines) is 1. The van der Waals surface area contributed by atoms with Crippen LogP contribution in [0.15, 0.2) is 24.3 Å². The van der Waals surface area contributed by atoms with Gasteiger partial charge in [0.1, 0.15) is 0 Å². The molecule has 1 saturated heterocycles. The maximum Gasteiger partial charge on any atom is 0.308 e. The van der Waals surface area contributed by atoms with Gasteiger partial charge in [0.2, 0.25) is 5.91 Å². The minimum atomic E-state index is -0.821. The number of carboxylic acids is 1. The van der Waals surface area contributed by atoms with Crippen molar-refractivity contribution in [2.45, 2.75) is 26.7 Å². The highest BCUT2D eigenvalue weighted by molar-refractivity contribution is 6.30. The van der Waals surface area contributed by atoms with Gasteiger partial charge in [-0.1, -0.05) is 37.6 Å². The van der Waals surface area contributed by atoms with Crippen LogP contribution in [-0.4, -0.2) is 35.0 Å². The van der Waals surface area contributed by atoms with Gasteiger partial charge in [0.25, 0.3) is 0 Å². The molecule has 1 aliphatic heterocycles. The number of carboxylic acid groups (broad SMARTS) is 1. The van der Waals surface area contributed by atoms with E-state index in [-0.39, 0.29) is 5.91 Å². The number of halogens is 1. The minimum absolute atomic E-state index is 0.00576. The highest BCUT2D eigenvalue weighted by atomic mass is 35.5. The van der Waals surface area contributed by atoms with E-state index in [1.807, 2.05) is 32.0 Å². The lowest BCUT2D eigenvalue weighted by Gasteiger charge is -2.29. The lowest BCUT2D eigenvalue weighted by molar-refractivity contribution is -0.142. The Balaban J connectivity index is 2.05. The Morgan fingerprint density at radius 1 is 1.43 bits per heavy atom. The SMILES string of the molecule is CC(C)(Cc1cccc(Cl)c1)C(=O)N1CCC(C(=O)O)C1. The van der Waals surface area contributed by atoms with E-state index >= 15 is 0 Å². The van der Waals surface area contributed by atoms with Crippen LogP contribution in [0.3, 0.4) is 0 Å². The summed E-state index contributed by atoms with van der Waals surface area (Å²) in [6.45, 7) is 4.62. The van der Waals surface area contributed by atoms with Gasteiger partial charge in [-0.2, -0.15) is 0 Å². The first-order chi connectivity index (χ1) is 9.79. The molecular formula is C16H20ClNO3. The van der Waals surface area contributed by atoms with Gasteiger partial charge in [0, 0.05) is 23.5 Å². The van der Waals surface area contributed by atoms with Gasteiger partial charge in [-0.15, -0.1) is 0 Å². The summed E-state index contributed by atoms with van der Waals surface area (Å²) >= 11 is 5.97. The molecule has 1 aliphatic rings. The van der Waals surface area contributed by atoms with Crippen molar-refractivity contribution in [3.63, 3.8) is 0 Å². The van der Waals surface area contributed by atoms with Crippen LogP contribution in [0.25, 0.3) is 0 Å². The van der Waals surface area contributed by atoms with Crippen LogP contribution in [0.2, 0.25) is 5.02 Å². The Bertz CT molecular complexity index is 556. The van der Waals surface area contributed by atoms with E-state index in [1.54, 1.807) is 11.0 Å². The normalized spacial score (nSPS) is 18.8. The quantitative estimate of drug-likeness (QED) is 0.930. The molecule has 4 nitrogen and oxygen atoms in total. The number of hydrogen-bond acceptors (Lipinski definition) is 2. The summed E-state index contributed by atoms with van der Waals surface area (Å²) in [7, 11) is 0. The molecule has 1 unspecified atom stereocenters. The molecule has 2 rings (SSSR count). The summed E-state index contributed by atoms with van der Waals surface area (Å²) in [6.07, 6.45) is 1.12. The van der Waals surface area contributed by atoms with Crippen molar-refractivity contribution in [2.24, 2.45) is 11.3 Å². The monoisotopic (exact) mass is 309 g/mol. The largest absolute Gasteiger partial charge is 0.481 e. The topological polar surface area (TPSA) is 57.6 Å². The van der Waals surface area contributed by atoms with E-state index in [0.29, 0.717) is 31.0 Å². The van der Waals surface area contributed by atoms with Crippen molar-refractivity contribution in [2.75, 3.05) is 13.1 Å². The van der Waals surface area contributed by atoms with Gasteiger partial charge >= 0.3 is 5.97 Å². The van der Waals surface area contributed by atoms with Crippen molar-refractivity contribution in [3.8, 4) is 0 Å². The first-order valence-electron chi connectivity index (χ1n) is 7.06. The fraction of sp³-hybridized carbons (Fsp3) is 0.500. The van der Waals surface area contributed by atoms with Crippen LogP contribution < -0.4 is 0 Å². The average Bonchev–Trinajstić information content (AvgIpc) is 2.86. The van der Waals surface area contributed by atoms with Gasteiger partial charge in [0.05, 0.1) is 5.92 Å². The molecular weight excluding hydrogens is 290 g/mol. The molecule has 1 aromatic carbocycles. The van der Waals surface area contributed by atoms with E-state index in [9.17, 15) is 9.59 Å². The highest BCUT2D eigenvalue weighted by Crippen LogP contribution is 2.29. The lowest BCUT2D eigenvalue weighted by Crippen LogP contribution is -2.41. The Morgan fingerprint density at radius 3 is 2.71 bits per heavy atom. The molecule has 1 heterocycles. The molecule has 0 radical (unpaired) electrons. The maximum atomic E-state index is 12.6. The molecule has 0 aromatic heterocycles. The number of aliphatic carboxylic acids is 1. The molecule has 1 aromatic rings. The number of carbonyl (C=O) groups is 2. The molecule has 1 N–H and O–H groups in total. The van der Waals surface area contributed by atoms with Gasteiger partial charge in [-0.05, 0) is 30.5 Å². The highest BCUT2D eigenvalue weighted by Gasteiger charge is 2.37. The third-order valence-electron chi connectivity index (χ3n) is 3.94. The molecule has 0 saturated carbocycles. The standard InChI is InChI=1S/C16H20ClNO3/c1-16(2,9-11-4-3-5-13(17)8-11)15(21)18-7-6-12(10-18)14(19)20/h3-5,8,12H,6-7,9-10H2,1-2H3,(H,19,20). The number of benzene rings is 1. The van der Waals surface area contributed by atoms with Gasteiger partial charge in [-0.25, -0.2) is 0 Å².